The van der Waals surface area contributed by atoms with Gasteiger partial charge in [-0.2, -0.15) is 5.10 Å². The largest absolute Gasteiger partial charge is 0.481 e. The third kappa shape index (κ3) is 2.75. The normalized spacial score (nSPS) is 16.1. The highest BCUT2D eigenvalue weighted by molar-refractivity contribution is 9.10. The summed E-state index contributed by atoms with van der Waals surface area (Å²) in [6.45, 7) is 0. The van der Waals surface area contributed by atoms with Crippen LogP contribution < -0.4 is 0 Å². The molecule has 20 heavy (non-hydrogen) atoms. The molecule has 1 fully saturated rings. The van der Waals surface area contributed by atoms with E-state index in [2.05, 4.69) is 26.0 Å². The van der Waals surface area contributed by atoms with Crippen LogP contribution in [0.4, 0.5) is 0 Å². The van der Waals surface area contributed by atoms with E-state index in [-0.39, 0.29) is 12.3 Å². The zero-order valence-corrected chi connectivity index (χ0v) is 12.3. The molecule has 1 aliphatic carbocycles. The van der Waals surface area contributed by atoms with Crippen molar-refractivity contribution in [1.82, 2.24) is 14.8 Å². The van der Waals surface area contributed by atoms with Crippen molar-refractivity contribution in [3.63, 3.8) is 0 Å². The number of benzene rings is 1. The van der Waals surface area contributed by atoms with Gasteiger partial charge in [0.05, 0.1) is 12.1 Å². The van der Waals surface area contributed by atoms with Crippen molar-refractivity contribution in [2.45, 2.75) is 25.2 Å². The number of halogens is 1. The van der Waals surface area contributed by atoms with E-state index in [4.69, 9.17) is 5.11 Å². The summed E-state index contributed by atoms with van der Waals surface area (Å²) in [4.78, 5) is 14.9. The van der Waals surface area contributed by atoms with Gasteiger partial charge < -0.3 is 5.11 Å². The topological polar surface area (TPSA) is 68.0 Å². The first kappa shape index (κ1) is 13.3. The monoisotopic (exact) mass is 335 g/mol. The van der Waals surface area contributed by atoms with E-state index >= 15 is 0 Å². The minimum absolute atomic E-state index is 0.105. The second-order valence-corrected chi connectivity index (χ2v) is 5.95. The Morgan fingerprint density at radius 3 is 2.85 bits per heavy atom. The zero-order chi connectivity index (χ0) is 14.1. The van der Waals surface area contributed by atoms with Crippen LogP contribution in [-0.2, 0) is 4.79 Å². The van der Waals surface area contributed by atoms with Crippen molar-refractivity contribution in [3.05, 3.63) is 40.9 Å². The number of aromatic nitrogens is 3. The van der Waals surface area contributed by atoms with Crippen LogP contribution in [0.3, 0.4) is 0 Å². The third-order valence-electron chi connectivity index (χ3n) is 3.65. The van der Waals surface area contributed by atoms with E-state index in [1.54, 1.807) is 11.0 Å². The van der Waals surface area contributed by atoms with Gasteiger partial charge in [0.2, 0.25) is 0 Å². The first-order valence-corrected chi connectivity index (χ1v) is 7.30. The zero-order valence-electron chi connectivity index (χ0n) is 10.7. The van der Waals surface area contributed by atoms with Gasteiger partial charge in [0.25, 0.3) is 0 Å². The Morgan fingerprint density at radius 1 is 1.50 bits per heavy atom. The number of aliphatic carboxylic acids is 1. The van der Waals surface area contributed by atoms with Crippen LogP contribution in [0.25, 0.3) is 5.69 Å². The van der Waals surface area contributed by atoms with Gasteiger partial charge in [0.1, 0.15) is 12.7 Å². The number of hydrogen-bond acceptors (Lipinski definition) is 3. The number of carboxylic acids is 1. The molecule has 1 unspecified atom stereocenters. The molecule has 1 aromatic heterocycles. The van der Waals surface area contributed by atoms with E-state index in [1.165, 1.54) is 6.33 Å². The van der Waals surface area contributed by atoms with Gasteiger partial charge in [0, 0.05) is 4.47 Å². The molecule has 0 bridgehead atoms. The fourth-order valence-electron chi connectivity index (χ4n) is 2.52. The van der Waals surface area contributed by atoms with Crippen LogP contribution in [0.1, 0.15) is 30.7 Å². The third-order valence-corrected chi connectivity index (χ3v) is 4.29. The molecule has 1 atom stereocenters. The van der Waals surface area contributed by atoms with Crippen LogP contribution in [-0.4, -0.2) is 25.8 Å². The maximum Gasteiger partial charge on any atom is 0.303 e. The molecule has 0 amide bonds. The number of hydrogen-bond donors (Lipinski definition) is 1. The van der Waals surface area contributed by atoms with E-state index in [0.29, 0.717) is 5.92 Å². The minimum atomic E-state index is -0.738. The molecule has 2 aromatic rings. The van der Waals surface area contributed by atoms with E-state index in [0.717, 1.165) is 28.6 Å². The van der Waals surface area contributed by atoms with Crippen molar-refractivity contribution < 1.29 is 9.90 Å². The molecule has 0 saturated heterocycles. The van der Waals surface area contributed by atoms with Crippen molar-refractivity contribution in [1.29, 1.82) is 0 Å². The van der Waals surface area contributed by atoms with Crippen molar-refractivity contribution in [3.8, 4) is 5.69 Å². The summed E-state index contributed by atoms with van der Waals surface area (Å²) in [7, 11) is 0. The second-order valence-electron chi connectivity index (χ2n) is 5.09. The molecule has 1 saturated carbocycles. The average molecular weight is 336 g/mol. The average Bonchev–Trinajstić information content (AvgIpc) is 3.11. The molecule has 104 valence electrons. The molecule has 0 radical (unpaired) electrons. The van der Waals surface area contributed by atoms with E-state index in [1.807, 2.05) is 18.2 Å². The summed E-state index contributed by atoms with van der Waals surface area (Å²) in [5.41, 5.74) is 1.97. The predicted molar refractivity (Wildman–Crippen MR) is 76.8 cm³/mol. The SMILES string of the molecule is O=C(O)CC(c1ccc(-n2cncn2)c(Br)c1)C1CC1. The highest BCUT2D eigenvalue weighted by atomic mass is 79.9. The fraction of sp³-hybridized carbons (Fsp3) is 0.357. The first-order chi connectivity index (χ1) is 9.65. The summed E-state index contributed by atoms with van der Waals surface area (Å²) >= 11 is 3.54. The molecule has 1 aromatic carbocycles. The van der Waals surface area contributed by atoms with Crippen LogP contribution in [0.2, 0.25) is 0 Å². The summed E-state index contributed by atoms with van der Waals surface area (Å²) in [5, 5.41) is 13.2. The lowest BCUT2D eigenvalue weighted by Gasteiger charge is -2.16. The van der Waals surface area contributed by atoms with Gasteiger partial charge in [-0.05, 0) is 58.3 Å². The Morgan fingerprint density at radius 2 is 2.30 bits per heavy atom. The first-order valence-electron chi connectivity index (χ1n) is 6.51. The van der Waals surface area contributed by atoms with Crippen molar-refractivity contribution in [2.75, 3.05) is 0 Å². The maximum atomic E-state index is 11.0. The Kier molecular flexibility index (Phi) is 3.56. The molecule has 6 heteroatoms. The molecule has 0 spiro atoms. The van der Waals surface area contributed by atoms with Gasteiger partial charge in [-0.25, -0.2) is 9.67 Å². The molecular formula is C14H14BrN3O2. The number of carboxylic acid groups (broad SMARTS) is 1. The van der Waals surface area contributed by atoms with Crippen molar-refractivity contribution in [2.24, 2.45) is 5.92 Å². The second kappa shape index (κ2) is 5.36. The number of carbonyl (C=O) groups is 1. The fourth-order valence-corrected chi connectivity index (χ4v) is 3.09. The highest BCUT2D eigenvalue weighted by Gasteiger charge is 2.33. The lowest BCUT2D eigenvalue weighted by atomic mass is 9.91. The Bertz CT molecular complexity index is 623. The van der Waals surface area contributed by atoms with Gasteiger partial charge in [-0.15, -0.1) is 0 Å². The Labute approximate surface area is 124 Å². The van der Waals surface area contributed by atoms with Crippen LogP contribution in [0.15, 0.2) is 35.3 Å². The van der Waals surface area contributed by atoms with Gasteiger partial charge in [0.15, 0.2) is 0 Å². The van der Waals surface area contributed by atoms with Gasteiger partial charge in [-0.3, -0.25) is 4.79 Å². The summed E-state index contributed by atoms with van der Waals surface area (Å²) in [6, 6.07) is 5.95. The van der Waals surface area contributed by atoms with Gasteiger partial charge >= 0.3 is 5.97 Å². The Balaban J connectivity index is 1.90. The molecule has 1 N–H and O–H groups in total. The predicted octanol–water partition coefficient (Wildman–Crippen LogP) is 3.00. The minimum Gasteiger partial charge on any atom is -0.481 e. The summed E-state index contributed by atoms with van der Waals surface area (Å²) < 4.78 is 2.58. The van der Waals surface area contributed by atoms with E-state index in [9.17, 15) is 4.79 Å². The quantitative estimate of drug-likeness (QED) is 0.911. The Hall–Kier alpha value is -1.69. The standard InChI is InChI=1S/C14H14BrN3O2/c15-12-5-10(11(6-14(19)20)9-1-2-9)3-4-13(12)18-8-16-7-17-18/h3-5,7-9,11H,1-2,6H2,(H,19,20). The molecule has 5 nitrogen and oxygen atoms in total. The maximum absolute atomic E-state index is 11.0. The van der Waals surface area contributed by atoms with Crippen LogP contribution in [0, 0.1) is 5.92 Å². The number of rotatable bonds is 5. The molecule has 0 aliphatic heterocycles. The molecular weight excluding hydrogens is 322 g/mol. The lowest BCUT2D eigenvalue weighted by Crippen LogP contribution is -2.09. The van der Waals surface area contributed by atoms with Gasteiger partial charge in [-0.1, -0.05) is 6.07 Å². The van der Waals surface area contributed by atoms with E-state index < -0.39 is 5.97 Å². The van der Waals surface area contributed by atoms with Crippen LogP contribution >= 0.6 is 15.9 Å². The summed E-state index contributed by atoms with van der Waals surface area (Å²) in [5.74, 6) is -0.123. The smallest absolute Gasteiger partial charge is 0.303 e. The lowest BCUT2D eigenvalue weighted by molar-refractivity contribution is -0.137. The molecule has 1 heterocycles. The highest BCUT2D eigenvalue weighted by Crippen LogP contribution is 2.45. The molecule has 1 aliphatic rings. The summed E-state index contributed by atoms with van der Waals surface area (Å²) in [6.07, 6.45) is 5.56. The number of nitrogens with zero attached hydrogens (tertiary/aromatic N) is 3. The van der Waals surface area contributed by atoms with Crippen molar-refractivity contribution >= 4 is 21.9 Å². The molecule has 3 rings (SSSR count). The van der Waals surface area contributed by atoms with Crippen LogP contribution in [0.5, 0.6) is 0 Å².